The van der Waals surface area contributed by atoms with Gasteiger partial charge in [0.05, 0.1) is 18.6 Å². The lowest BCUT2D eigenvalue weighted by molar-refractivity contribution is -0.142. The van der Waals surface area contributed by atoms with E-state index in [9.17, 15) is 9.90 Å². The number of unbranched alkanes of at least 4 members (excludes halogenated alkanes) is 1. The maximum absolute atomic E-state index is 11.4. The number of carboxylic acids is 1. The molecule has 5 nitrogen and oxygen atoms in total. The Morgan fingerprint density at radius 3 is 2.90 bits per heavy atom. The summed E-state index contributed by atoms with van der Waals surface area (Å²) in [5, 5.41) is 9.35. The summed E-state index contributed by atoms with van der Waals surface area (Å²) in [4.78, 5) is 11.4. The minimum Gasteiger partial charge on any atom is -0.494 e. The zero-order chi connectivity index (χ0) is 14.5. The highest BCUT2D eigenvalue weighted by molar-refractivity contribution is 5.72. The van der Waals surface area contributed by atoms with E-state index >= 15 is 0 Å². The predicted molar refractivity (Wildman–Crippen MR) is 76.4 cm³/mol. The second-order valence-electron chi connectivity index (χ2n) is 5.19. The molecule has 0 amide bonds. The Hall–Kier alpha value is -1.59. The fourth-order valence-corrected chi connectivity index (χ4v) is 2.47. The average molecular weight is 278 g/mol. The van der Waals surface area contributed by atoms with Gasteiger partial charge in [-0.25, -0.2) is 5.43 Å². The summed E-state index contributed by atoms with van der Waals surface area (Å²) < 4.78 is 5.67. The van der Waals surface area contributed by atoms with E-state index in [-0.39, 0.29) is 12.1 Å². The van der Waals surface area contributed by atoms with E-state index in [4.69, 9.17) is 4.74 Å². The SMILES string of the molecule is CCCCOc1cccc(C2NNC(C)C2C(=O)O)c1. The van der Waals surface area contributed by atoms with Crippen molar-refractivity contribution in [3.8, 4) is 5.75 Å². The number of carboxylic acid groups (broad SMARTS) is 1. The van der Waals surface area contributed by atoms with E-state index in [1.165, 1.54) is 0 Å². The molecular formula is C15H22N2O3. The van der Waals surface area contributed by atoms with E-state index in [0.29, 0.717) is 6.61 Å². The minimum absolute atomic E-state index is 0.109. The Balaban J connectivity index is 2.12. The molecule has 3 atom stereocenters. The summed E-state index contributed by atoms with van der Waals surface area (Å²) in [5.41, 5.74) is 7.00. The third-order valence-corrected chi connectivity index (χ3v) is 3.63. The first-order valence-electron chi connectivity index (χ1n) is 7.10. The lowest BCUT2D eigenvalue weighted by atomic mass is 9.90. The average Bonchev–Trinajstić information content (AvgIpc) is 2.81. The molecule has 1 heterocycles. The molecule has 5 heteroatoms. The summed E-state index contributed by atoms with van der Waals surface area (Å²) in [7, 11) is 0. The van der Waals surface area contributed by atoms with Gasteiger partial charge in [-0.15, -0.1) is 0 Å². The summed E-state index contributed by atoms with van der Waals surface area (Å²) in [6.07, 6.45) is 2.11. The molecule has 1 aromatic carbocycles. The maximum atomic E-state index is 11.4. The quantitative estimate of drug-likeness (QED) is 0.695. The van der Waals surface area contributed by atoms with E-state index in [1.807, 2.05) is 31.2 Å². The van der Waals surface area contributed by atoms with Gasteiger partial charge in [0.1, 0.15) is 5.75 Å². The zero-order valence-corrected chi connectivity index (χ0v) is 11.9. The van der Waals surface area contributed by atoms with Gasteiger partial charge in [0.2, 0.25) is 0 Å². The van der Waals surface area contributed by atoms with Crippen molar-refractivity contribution >= 4 is 5.97 Å². The van der Waals surface area contributed by atoms with E-state index in [0.717, 1.165) is 24.2 Å². The third-order valence-electron chi connectivity index (χ3n) is 3.63. The molecular weight excluding hydrogens is 256 g/mol. The third kappa shape index (κ3) is 3.29. The van der Waals surface area contributed by atoms with Crippen LogP contribution in [0.3, 0.4) is 0 Å². The van der Waals surface area contributed by atoms with E-state index < -0.39 is 11.9 Å². The monoisotopic (exact) mass is 278 g/mol. The lowest BCUT2D eigenvalue weighted by Crippen LogP contribution is -2.30. The molecule has 0 spiro atoms. The maximum Gasteiger partial charge on any atom is 0.310 e. The molecule has 0 bridgehead atoms. The number of aliphatic carboxylic acids is 1. The van der Waals surface area contributed by atoms with Crippen LogP contribution in [0, 0.1) is 5.92 Å². The van der Waals surface area contributed by atoms with Crippen LogP contribution in [0.5, 0.6) is 5.75 Å². The first-order chi connectivity index (χ1) is 9.63. The highest BCUT2D eigenvalue weighted by Gasteiger charge is 2.39. The molecule has 1 aromatic rings. The van der Waals surface area contributed by atoms with Crippen molar-refractivity contribution in [2.45, 2.75) is 38.8 Å². The zero-order valence-electron chi connectivity index (χ0n) is 11.9. The predicted octanol–water partition coefficient (Wildman–Crippen LogP) is 2.10. The van der Waals surface area contributed by atoms with Crippen LogP contribution < -0.4 is 15.6 Å². The Morgan fingerprint density at radius 1 is 1.40 bits per heavy atom. The number of hydrogen-bond donors (Lipinski definition) is 3. The molecule has 1 fully saturated rings. The molecule has 0 radical (unpaired) electrons. The first kappa shape index (κ1) is 14.8. The van der Waals surface area contributed by atoms with Crippen LogP contribution in [0.1, 0.15) is 38.3 Å². The molecule has 3 N–H and O–H groups in total. The van der Waals surface area contributed by atoms with Crippen LogP contribution >= 0.6 is 0 Å². The molecule has 0 aliphatic carbocycles. The minimum atomic E-state index is -0.794. The number of nitrogens with one attached hydrogen (secondary N) is 2. The standard InChI is InChI=1S/C15H22N2O3/c1-3-4-8-20-12-7-5-6-11(9-12)14-13(15(18)19)10(2)16-17-14/h5-7,9-10,13-14,16-17H,3-4,8H2,1-2H3,(H,18,19). The van der Waals surface area contributed by atoms with Crippen molar-refractivity contribution < 1.29 is 14.6 Å². The van der Waals surface area contributed by atoms with Gasteiger partial charge in [-0.1, -0.05) is 25.5 Å². The van der Waals surface area contributed by atoms with Crippen LogP contribution in [0.15, 0.2) is 24.3 Å². The van der Waals surface area contributed by atoms with Crippen molar-refractivity contribution in [2.75, 3.05) is 6.61 Å². The van der Waals surface area contributed by atoms with Crippen LogP contribution in [-0.2, 0) is 4.79 Å². The molecule has 1 saturated heterocycles. The van der Waals surface area contributed by atoms with Crippen molar-refractivity contribution in [1.82, 2.24) is 10.9 Å². The summed E-state index contributed by atoms with van der Waals surface area (Å²) in [6, 6.07) is 7.31. The van der Waals surface area contributed by atoms with Crippen LogP contribution in [0.25, 0.3) is 0 Å². The van der Waals surface area contributed by atoms with Crippen LogP contribution in [0.2, 0.25) is 0 Å². The van der Waals surface area contributed by atoms with Gasteiger partial charge in [-0.2, -0.15) is 0 Å². The molecule has 1 aliphatic heterocycles. The number of carbonyl (C=O) groups is 1. The van der Waals surface area contributed by atoms with Gasteiger partial charge >= 0.3 is 5.97 Å². The van der Waals surface area contributed by atoms with Crippen LogP contribution in [-0.4, -0.2) is 23.7 Å². The van der Waals surface area contributed by atoms with Gasteiger partial charge < -0.3 is 9.84 Å². The molecule has 1 aliphatic rings. The van der Waals surface area contributed by atoms with Crippen molar-refractivity contribution in [3.63, 3.8) is 0 Å². The van der Waals surface area contributed by atoms with Crippen molar-refractivity contribution in [2.24, 2.45) is 5.92 Å². The molecule has 110 valence electrons. The second-order valence-corrected chi connectivity index (χ2v) is 5.19. The molecule has 0 aromatic heterocycles. The first-order valence-corrected chi connectivity index (χ1v) is 7.10. The van der Waals surface area contributed by atoms with Gasteiger partial charge in [0, 0.05) is 6.04 Å². The van der Waals surface area contributed by atoms with Gasteiger partial charge in [0.15, 0.2) is 0 Å². The number of benzene rings is 1. The fraction of sp³-hybridized carbons (Fsp3) is 0.533. The van der Waals surface area contributed by atoms with E-state index in [1.54, 1.807) is 0 Å². The summed E-state index contributed by atoms with van der Waals surface area (Å²) in [6.45, 7) is 4.68. The number of hydrogen-bond acceptors (Lipinski definition) is 4. The Labute approximate surface area is 119 Å². The molecule has 2 rings (SSSR count). The second kappa shape index (κ2) is 6.72. The topological polar surface area (TPSA) is 70.6 Å². The van der Waals surface area contributed by atoms with Gasteiger partial charge in [0.25, 0.3) is 0 Å². The molecule has 3 unspecified atom stereocenters. The number of rotatable bonds is 6. The lowest BCUT2D eigenvalue weighted by Gasteiger charge is -2.18. The highest BCUT2D eigenvalue weighted by atomic mass is 16.5. The van der Waals surface area contributed by atoms with Crippen molar-refractivity contribution in [3.05, 3.63) is 29.8 Å². The van der Waals surface area contributed by atoms with Crippen molar-refractivity contribution in [1.29, 1.82) is 0 Å². The smallest absolute Gasteiger partial charge is 0.310 e. The number of ether oxygens (including phenoxy) is 1. The van der Waals surface area contributed by atoms with Crippen LogP contribution in [0.4, 0.5) is 0 Å². The normalized spacial score (nSPS) is 25.6. The molecule has 20 heavy (non-hydrogen) atoms. The Morgan fingerprint density at radius 2 is 2.20 bits per heavy atom. The Kier molecular flexibility index (Phi) is 4.98. The largest absolute Gasteiger partial charge is 0.494 e. The number of hydrazine groups is 1. The van der Waals surface area contributed by atoms with Gasteiger partial charge in [-0.05, 0) is 31.0 Å². The summed E-state index contributed by atoms with van der Waals surface area (Å²) in [5.74, 6) is -0.486. The molecule has 0 saturated carbocycles. The van der Waals surface area contributed by atoms with E-state index in [2.05, 4.69) is 17.8 Å². The summed E-state index contributed by atoms with van der Waals surface area (Å²) >= 11 is 0. The highest BCUT2D eigenvalue weighted by Crippen LogP contribution is 2.30. The van der Waals surface area contributed by atoms with Gasteiger partial charge in [-0.3, -0.25) is 10.2 Å². The fourth-order valence-electron chi connectivity index (χ4n) is 2.47. The Bertz CT molecular complexity index is 464.